The predicted molar refractivity (Wildman–Crippen MR) is 62.7 cm³/mol. The van der Waals surface area contributed by atoms with E-state index in [4.69, 9.17) is 34.2 Å². The van der Waals surface area contributed by atoms with E-state index >= 15 is 0 Å². The van der Waals surface area contributed by atoms with Crippen LogP contribution in [0.1, 0.15) is 5.56 Å². The SMILES string of the molecule is N#Cc1ccc(-n2cc(Cl)c(N)n2)c(Cl)c1. The largest absolute Gasteiger partial charge is 0.381 e. The summed E-state index contributed by atoms with van der Waals surface area (Å²) < 4.78 is 1.47. The van der Waals surface area contributed by atoms with Crippen molar-refractivity contribution in [2.75, 3.05) is 5.73 Å². The molecule has 0 aliphatic carbocycles. The minimum absolute atomic E-state index is 0.238. The number of halogens is 2. The minimum atomic E-state index is 0.238. The number of nitrogen functional groups attached to an aromatic ring is 1. The van der Waals surface area contributed by atoms with Gasteiger partial charge in [-0.1, -0.05) is 23.2 Å². The van der Waals surface area contributed by atoms with Gasteiger partial charge in [-0.3, -0.25) is 0 Å². The van der Waals surface area contributed by atoms with Crippen LogP contribution < -0.4 is 5.73 Å². The van der Waals surface area contributed by atoms with E-state index in [-0.39, 0.29) is 5.82 Å². The standard InChI is InChI=1S/C10H6Cl2N4/c11-7-3-6(4-13)1-2-9(7)16-5-8(12)10(14)15-16/h1-3,5H,(H2,14,15). The Bertz CT molecular complexity index is 563. The van der Waals surface area contributed by atoms with E-state index in [9.17, 15) is 0 Å². The van der Waals surface area contributed by atoms with Crippen molar-refractivity contribution in [1.29, 1.82) is 5.26 Å². The van der Waals surface area contributed by atoms with E-state index in [1.807, 2.05) is 6.07 Å². The highest BCUT2D eigenvalue weighted by Crippen LogP contribution is 2.24. The number of aromatic nitrogens is 2. The van der Waals surface area contributed by atoms with Gasteiger partial charge in [0.15, 0.2) is 5.82 Å². The van der Waals surface area contributed by atoms with Crippen LogP contribution in [0.5, 0.6) is 0 Å². The van der Waals surface area contributed by atoms with Crippen LogP contribution in [-0.2, 0) is 0 Å². The number of rotatable bonds is 1. The van der Waals surface area contributed by atoms with Gasteiger partial charge in [0.05, 0.1) is 28.5 Å². The summed E-state index contributed by atoms with van der Waals surface area (Å²) in [6, 6.07) is 6.89. The minimum Gasteiger partial charge on any atom is -0.381 e. The molecule has 2 rings (SSSR count). The summed E-state index contributed by atoms with van der Waals surface area (Å²) in [5.74, 6) is 0.238. The second kappa shape index (κ2) is 4.05. The second-order valence-corrected chi connectivity index (χ2v) is 3.90. The Morgan fingerprint density at radius 3 is 2.56 bits per heavy atom. The molecule has 0 aliphatic rings. The van der Waals surface area contributed by atoms with Gasteiger partial charge in [-0.25, -0.2) is 4.68 Å². The van der Waals surface area contributed by atoms with E-state index in [0.29, 0.717) is 21.3 Å². The quantitative estimate of drug-likeness (QED) is 0.849. The van der Waals surface area contributed by atoms with Gasteiger partial charge in [-0.05, 0) is 18.2 Å². The third-order valence-corrected chi connectivity index (χ3v) is 2.61. The van der Waals surface area contributed by atoms with Gasteiger partial charge in [0.2, 0.25) is 0 Å². The van der Waals surface area contributed by atoms with Crippen LogP contribution in [0.4, 0.5) is 5.82 Å². The monoisotopic (exact) mass is 252 g/mol. The lowest BCUT2D eigenvalue weighted by atomic mass is 10.2. The zero-order valence-electron chi connectivity index (χ0n) is 7.98. The number of nitrogens with two attached hydrogens (primary N) is 1. The molecule has 4 nitrogen and oxygen atoms in total. The summed E-state index contributed by atoms with van der Waals surface area (Å²) in [6.07, 6.45) is 1.56. The zero-order chi connectivity index (χ0) is 11.7. The van der Waals surface area contributed by atoms with Crippen molar-refractivity contribution in [3.63, 3.8) is 0 Å². The smallest absolute Gasteiger partial charge is 0.164 e. The van der Waals surface area contributed by atoms with Gasteiger partial charge in [0.25, 0.3) is 0 Å². The highest BCUT2D eigenvalue weighted by molar-refractivity contribution is 6.33. The molecule has 2 N–H and O–H groups in total. The fourth-order valence-electron chi connectivity index (χ4n) is 1.25. The third-order valence-electron chi connectivity index (χ3n) is 2.02. The molecule has 6 heteroatoms. The molecule has 0 amide bonds. The second-order valence-electron chi connectivity index (χ2n) is 3.08. The first-order valence-electron chi connectivity index (χ1n) is 4.32. The van der Waals surface area contributed by atoms with Crippen LogP contribution in [0, 0.1) is 11.3 Å². The van der Waals surface area contributed by atoms with E-state index < -0.39 is 0 Å². The molecule has 0 unspecified atom stereocenters. The lowest BCUT2D eigenvalue weighted by molar-refractivity contribution is 0.886. The molecule has 0 saturated heterocycles. The van der Waals surface area contributed by atoms with Gasteiger partial charge >= 0.3 is 0 Å². The Kier molecular flexibility index (Phi) is 2.73. The first-order valence-corrected chi connectivity index (χ1v) is 5.08. The van der Waals surface area contributed by atoms with E-state index in [0.717, 1.165) is 0 Å². The molecule has 1 aromatic carbocycles. The summed E-state index contributed by atoms with van der Waals surface area (Å²) in [7, 11) is 0. The van der Waals surface area contributed by atoms with Gasteiger partial charge in [-0.15, -0.1) is 5.10 Å². The Morgan fingerprint density at radius 1 is 1.31 bits per heavy atom. The maximum atomic E-state index is 8.70. The van der Waals surface area contributed by atoms with Crippen molar-refractivity contribution in [2.24, 2.45) is 0 Å². The topological polar surface area (TPSA) is 67.6 Å². The Morgan fingerprint density at radius 2 is 2.06 bits per heavy atom. The average molecular weight is 253 g/mol. The number of anilines is 1. The van der Waals surface area contributed by atoms with Crippen LogP contribution >= 0.6 is 23.2 Å². The zero-order valence-corrected chi connectivity index (χ0v) is 9.50. The van der Waals surface area contributed by atoms with E-state index in [1.165, 1.54) is 4.68 Å². The van der Waals surface area contributed by atoms with E-state index in [1.54, 1.807) is 24.4 Å². The van der Waals surface area contributed by atoms with Crippen molar-refractivity contribution >= 4 is 29.0 Å². The molecule has 0 radical (unpaired) electrons. The van der Waals surface area contributed by atoms with Crippen LogP contribution in [0.2, 0.25) is 10.0 Å². The maximum absolute atomic E-state index is 8.70. The molecule has 16 heavy (non-hydrogen) atoms. The van der Waals surface area contributed by atoms with Gasteiger partial charge in [0.1, 0.15) is 5.02 Å². The molecule has 0 saturated carbocycles. The molecule has 2 aromatic rings. The van der Waals surface area contributed by atoms with Crippen molar-refractivity contribution in [3.8, 4) is 11.8 Å². The van der Waals surface area contributed by atoms with Crippen molar-refractivity contribution in [2.45, 2.75) is 0 Å². The first-order chi connectivity index (χ1) is 7.61. The molecule has 0 fully saturated rings. The first kappa shape index (κ1) is 10.8. The number of nitrogens with zero attached hydrogens (tertiary/aromatic N) is 3. The van der Waals surface area contributed by atoms with Crippen molar-refractivity contribution < 1.29 is 0 Å². The van der Waals surface area contributed by atoms with Gasteiger partial charge in [-0.2, -0.15) is 5.26 Å². The van der Waals surface area contributed by atoms with Crippen LogP contribution in [0.3, 0.4) is 0 Å². The fraction of sp³-hybridized carbons (Fsp3) is 0. The third kappa shape index (κ3) is 1.83. The molecular formula is C10H6Cl2N4. The molecule has 1 heterocycles. The summed E-state index contributed by atoms with van der Waals surface area (Å²) >= 11 is 11.8. The number of hydrogen-bond donors (Lipinski definition) is 1. The van der Waals surface area contributed by atoms with Crippen molar-refractivity contribution in [1.82, 2.24) is 9.78 Å². The highest BCUT2D eigenvalue weighted by Gasteiger charge is 2.08. The predicted octanol–water partition coefficient (Wildman–Crippen LogP) is 2.63. The normalized spacial score (nSPS) is 10.1. The van der Waals surface area contributed by atoms with Crippen LogP contribution in [-0.4, -0.2) is 9.78 Å². The number of benzene rings is 1. The van der Waals surface area contributed by atoms with Crippen LogP contribution in [0.15, 0.2) is 24.4 Å². The Hall–Kier alpha value is -1.70. The van der Waals surface area contributed by atoms with Gasteiger partial charge in [0, 0.05) is 0 Å². The Labute approximate surface area is 102 Å². The van der Waals surface area contributed by atoms with Crippen LogP contribution in [0.25, 0.3) is 5.69 Å². The molecule has 0 aliphatic heterocycles. The van der Waals surface area contributed by atoms with E-state index in [2.05, 4.69) is 5.10 Å². The molecule has 80 valence electrons. The molecule has 1 aromatic heterocycles. The summed E-state index contributed by atoms with van der Waals surface area (Å²) in [5, 5.41) is 13.5. The van der Waals surface area contributed by atoms with Gasteiger partial charge < -0.3 is 5.73 Å². The fourth-order valence-corrected chi connectivity index (χ4v) is 1.65. The molecular weight excluding hydrogens is 247 g/mol. The maximum Gasteiger partial charge on any atom is 0.164 e. The number of nitriles is 1. The number of hydrogen-bond acceptors (Lipinski definition) is 3. The lowest BCUT2D eigenvalue weighted by Crippen LogP contribution is -1.97. The average Bonchev–Trinajstić information content (AvgIpc) is 2.58. The lowest BCUT2D eigenvalue weighted by Gasteiger charge is -2.03. The molecule has 0 spiro atoms. The molecule has 0 atom stereocenters. The highest BCUT2D eigenvalue weighted by atomic mass is 35.5. The Balaban J connectivity index is 2.53. The summed E-state index contributed by atoms with van der Waals surface area (Å²) in [6.45, 7) is 0. The van der Waals surface area contributed by atoms with Crippen molar-refractivity contribution in [3.05, 3.63) is 40.0 Å². The molecule has 0 bridgehead atoms. The summed E-state index contributed by atoms with van der Waals surface area (Å²) in [5.41, 5.74) is 6.64. The summed E-state index contributed by atoms with van der Waals surface area (Å²) in [4.78, 5) is 0.